The molecule has 1 aromatic rings. The van der Waals surface area contributed by atoms with Crippen molar-refractivity contribution < 1.29 is 17.9 Å². The fraction of sp³-hybridized carbons (Fsp3) is 0.650. The predicted octanol–water partition coefficient (Wildman–Crippen LogP) is 2.27. The van der Waals surface area contributed by atoms with Crippen LogP contribution in [-0.2, 0) is 15.0 Å². The van der Waals surface area contributed by atoms with Crippen LogP contribution in [0.5, 0.6) is 5.75 Å². The van der Waals surface area contributed by atoms with E-state index >= 15 is 0 Å². The fourth-order valence-electron chi connectivity index (χ4n) is 4.04. The number of methoxy groups -OCH3 is 1. The van der Waals surface area contributed by atoms with Crippen molar-refractivity contribution in [1.29, 1.82) is 0 Å². The number of nitrogens with zero attached hydrogens (tertiary/aromatic N) is 3. The molecule has 2 heterocycles. The Morgan fingerprint density at radius 1 is 1.20 bits per heavy atom. The number of carbonyl (C=O) groups excluding carboxylic acids is 1. The van der Waals surface area contributed by atoms with E-state index < -0.39 is 10.2 Å². The van der Waals surface area contributed by atoms with E-state index in [-0.39, 0.29) is 18.5 Å². The number of ether oxygens (including phenoxy) is 1. The first-order chi connectivity index (χ1) is 14.2. The quantitative estimate of drug-likeness (QED) is 0.707. The van der Waals surface area contributed by atoms with Crippen LogP contribution in [-0.4, -0.2) is 80.3 Å². The Bertz CT molecular complexity index is 858. The number of benzene rings is 1. The van der Waals surface area contributed by atoms with Gasteiger partial charge < -0.3 is 10.1 Å². The first-order valence-corrected chi connectivity index (χ1v) is 12.1. The molecule has 0 radical (unpaired) electrons. The third-order valence-corrected chi connectivity index (χ3v) is 8.21. The van der Waals surface area contributed by atoms with Gasteiger partial charge in [0.25, 0.3) is 10.2 Å². The smallest absolute Gasteiger partial charge is 0.282 e. The number of nitrogens with one attached hydrogen (secondary N) is 1. The molecular formula is C20H31ClN4O4S. The van der Waals surface area contributed by atoms with Gasteiger partial charge in [0.1, 0.15) is 5.75 Å². The fourth-order valence-corrected chi connectivity index (χ4v) is 6.01. The molecule has 0 spiro atoms. The average molecular weight is 459 g/mol. The first-order valence-electron chi connectivity index (χ1n) is 10.3. The van der Waals surface area contributed by atoms with E-state index in [1.54, 1.807) is 26.8 Å². The van der Waals surface area contributed by atoms with Crippen LogP contribution in [0.1, 0.15) is 26.7 Å². The van der Waals surface area contributed by atoms with Crippen molar-refractivity contribution in [1.82, 2.24) is 13.5 Å². The van der Waals surface area contributed by atoms with Crippen LogP contribution in [0.2, 0.25) is 5.02 Å². The summed E-state index contributed by atoms with van der Waals surface area (Å²) in [7, 11) is -1.93. The monoisotopic (exact) mass is 458 g/mol. The molecule has 0 unspecified atom stereocenters. The van der Waals surface area contributed by atoms with Crippen LogP contribution in [0.15, 0.2) is 18.2 Å². The highest BCUT2D eigenvalue weighted by Crippen LogP contribution is 2.28. The van der Waals surface area contributed by atoms with Gasteiger partial charge in [-0.15, -0.1) is 0 Å². The van der Waals surface area contributed by atoms with E-state index in [1.165, 1.54) is 7.11 Å². The lowest BCUT2D eigenvalue weighted by molar-refractivity contribution is -0.117. The summed E-state index contributed by atoms with van der Waals surface area (Å²) in [5.41, 5.74) is 0.517. The lowest BCUT2D eigenvalue weighted by atomic mass is 10.0. The van der Waals surface area contributed by atoms with Crippen LogP contribution in [0.3, 0.4) is 0 Å². The van der Waals surface area contributed by atoms with Gasteiger partial charge in [0.05, 0.1) is 19.3 Å². The molecule has 2 fully saturated rings. The van der Waals surface area contributed by atoms with Crippen LogP contribution < -0.4 is 10.1 Å². The molecule has 1 atom stereocenters. The molecule has 1 N–H and O–H groups in total. The van der Waals surface area contributed by atoms with Crippen LogP contribution in [0.25, 0.3) is 0 Å². The van der Waals surface area contributed by atoms with Gasteiger partial charge in [-0.1, -0.05) is 18.5 Å². The average Bonchev–Trinajstić information content (AvgIpc) is 2.68. The normalized spacial score (nSPS) is 22.7. The lowest BCUT2D eigenvalue weighted by Gasteiger charge is -2.42. The molecule has 3 rings (SSSR count). The maximum atomic E-state index is 13.1. The van der Waals surface area contributed by atoms with Crippen molar-refractivity contribution in [2.75, 3.05) is 51.7 Å². The minimum Gasteiger partial charge on any atom is -0.495 e. The summed E-state index contributed by atoms with van der Waals surface area (Å²) >= 11 is 6.02. The van der Waals surface area contributed by atoms with Gasteiger partial charge in [0.2, 0.25) is 5.91 Å². The van der Waals surface area contributed by atoms with Gasteiger partial charge in [-0.25, -0.2) is 0 Å². The molecule has 0 aromatic heterocycles. The zero-order valence-corrected chi connectivity index (χ0v) is 19.4. The van der Waals surface area contributed by atoms with E-state index in [9.17, 15) is 13.2 Å². The van der Waals surface area contributed by atoms with Crippen LogP contribution in [0.4, 0.5) is 5.69 Å². The molecule has 1 aromatic carbocycles. The standard InChI is InChI=1S/C20H31ClN4O4S/c1-15-6-8-24(9-7-15)30(27,28)25-11-10-23(13-16(25)2)14-20(26)22-18-12-17(21)4-5-19(18)29-3/h4-5,12,15-16H,6-11,13-14H2,1-3H3,(H,22,26)/t16-/m1/s1. The second kappa shape index (κ2) is 9.82. The van der Waals surface area contributed by atoms with Crippen molar-refractivity contribution >= 4 is 33.4 Å². The highest BCUT2D eigenvalue weighted by molar-refractivity contribution is 7.86. The Morgan fingerprint density at radius 2 is 1.90 bits per heavy atom. The number of hydrogen-bond donors (Lipinski definition) is 1. The summed E-state index contributed by atoms with van der Waals surface area (Å²) in [6, 6.07) is 4.84. The third kappa shape index (κ3) is 5.45. The van der Waals surface area contributed by atoms with Gasteiger partial charge in [0, 0.05) is 43.8 Å². The minimum atomic E-state index is -3.46. The van der Waals surface area contributed by atoms with E-state index in [0.29, 0.717) is 55.1 Å². The number of hydrogen-bond acceptors (Lipinski definition) is 5. The van der Waals surface area contributed by atoms with E-state index in [1.807, 2.05) is 11.8 Å². The zero-order chi connectivity index (χ0) is 21.9. The van der Waals surface area contributed by atoms with Crippen molar-refractivity contribution in [2.24, 2.45) is 5.92 Å². The highest BCUT2D eigenvalue weighted by Gasteiger charge is 2.38. The second-order valence-electron chi connectivity index (χ2n) is 8.18. The van der Waals surface area contributed by atoms with E-state index in [0.717, 1.165) is 12.8 Å². The number of rotatable bonds is 6. The molecule has 2 saturated heterocycles. The first kappa shape index (κ1) is 23.3. The Balaban J connectivity index is 1.56. The maximum Gasteiger partial charge on any atom is 0.282 e. The predicted molar refractivity (Wildman–Crippen MR) is 118 cm³/mol. The Hall–Kier alpha value is -1.39. The molecule has 0 saturated carbocycles. The number of piperidine rings is 1. The minimum absolute atomic E-state index is 0.176. The van der Waals surface area contributed by atoms with Crippen molar-refractivity contribution in [3.05, 3.63) is 23.2 Å². The number of anilines is 1. The van der Waals surface area contributed by atoms with Crippen molar-refractivity contribution in [3.8, 4) is 5.75 Å². The number of carbonyl (C=O) groups is 1. The SMILES string of the molecule is COc1ccc(Cl)cc1NC(=O)CN1CCN(S(=O)(=O)N2CCC(C)CC2)[C@H](C)C1. The Labute approximate surface area is 184 Å². The van der Waals surface area contributed by atoms with Crippen molar-refractivity contribution in [2.45, 2.75) is 32.7 Å². The summed E-state index contributed by atoms with van der Waals surface area (Å²) in [5.74, 6) is 0.916. The third-order valence-electron chi connectivity index (χ3n) is 5.82. The van der Waals surface area contributed by atoms with Gasteiger partial charge in [-0.3, -0.25) is 9.69 Å². The van der Waals surface area contributed by atoms with E-state index in [4.69, 9.17) is 16.3 Å². The number of amides is 1. The molecule has 10 heteroatoms. The molecule has 1 amide bonds. The van der Waals surface area contributed by atoms with Crippen molar-refractivity contribution in [3.63, 3.8) is 0 Å². The number of piperazine rings is 1. The molecular weight excluding hydrogens is 428 g/mol. The van der Waals surface area contributed by atoms with Gasteiger partial charge in [-0.2, -0.15) is 17.0 Å². The number of halogens is 1. The van der Waals surface area contributed by atoms with Gasteiger partial charge in [-0.05, 0) is 43.9 Å². The van der Waals surface area contributed by atoms with Gasteiger partial charge >= 0.3 is 0 Å². The Morgan fingerprint density at radius 3 is 2.53 bits per heavy atom. The van der Waals surface area contributed by atoms with Crippen LogP contribution >= 0.6 is 11.6 Å². The van der Waals surface area contributed by atoms with E-state index in [2.05, 4.69) is 12.2 Å². The summed E-state index contributed by atoms with van der Waals surface area (Å²) < 4.78 is 34.6. The highest BCUT2D eigenvalue weighted by atomic mass is 35.5. The molecule has 0 aliphatic carbocycles. The van der Waals surface area contributed by atoms with Crippen LogP contribution in [0, 0.1) is 5.92 Å². The molecule has 8 nitrogen and oxygen atoms in total. The molecule has 30 heavy (non-hydrogen) atoms. The largest absolute Gasteiger partial charge is 0.495 e. The summed E-state index contributed by atoms with van der Waals surface area (Å²) in [5, 5.41) is 3.34. The molecule has 2 aliphatic heterocycles. The summed E-state index contributed by atoms with van der Waals surface area (Å²) in [6.07, 6.45) is 1.81. The lowest BCUT2D eigenvalue weighted by Crippen LogP contribution is -2.58. The molecule has 168 valence electrons. The summed E-state index contributed by atoms with van der Waals surface area (Å²) in [6.45, 7) is 6.79. The van der Waals surface area contributed by atoms with Gasteiger partial charge in [0.15, 0.2) is 0 Å². The maximum absolute atomic E-state index is 13.1. The zero-order valence-electron chi connectivity index (χ0n) is 17.8. The topological polar surface area (TPSA) is 82.2 Å². The summed E-state index contributed by atoms with van der Waals surface area (Å²) in [4.78, 5) is 14.5. The molecule has 2 aliphatic rings. The second-order valence-corrected chi connectivity index (χ2v) is 10.5. The Kier molecular flexibility index (Phi) is 7.62. The molecule has 0 bridgehead atoms.